The minimum absolute atomic E-state index is 0.0523. The SMILES string of the molecule is CC(C(=O)c1c(/C=C/c2ccccc2[N+](=O)[O-])n(S(=O)(=O)c2ccccc2)c2ccccc12)S(=O)(=O)c1ccccc1. The highest BCUT2D eigenvalue weighted by Gasteiger charge is 2.36. The van der Waals surface area contributed by atoms with E-state index in [9.17, 15) is 31.7 Å². The van der Waals surface area contributed by atoms with E-state index in [-0.39, 0.29) is 43.2 Å². The van der Waals surface area contributed by atoms with Crippen molar-refractivity contribution >= 4 is 54.4 Å². The van der Waals surface area contributed by atoms with Gasteiger partial charge in [-0.1, -0.05) is 66.7 Å². The Morgan fingerprint density at radius 2 is 1.31 bits per heavy atom. The van der Waals surface area contributed by atoms with Gasteiger partial charge in [0.05, 0.1) is 37.1 Å². The summed E-state index contributed by atoms with van der Waals surface area (Å²) in [4.78, 5) is 25.1. The van der Waals surface area contributed by atoms with Crippen molar-refractivity contribution in [1.82, 2.24) is 3.97 Å². The number of carbonyl (C=O) groups excluding carboxylic acids is 1. The normalized spacial score (nSPS) is 12.9. The Morgan fingerprint density at radius 1 is 0.762 bits per heavy atom. The summed E-state index contributed by atoms with van der Waals surface area (Å²) in [5, 5.41) is 10.3. The maximum absolute atomic E-state index is 14.1. The first kappa shape index (κ1) is 28.7. The number of hydrogen-bond acceptors (Lipinski definition) is 7. The van der Waals surface area contributed by atoms with Crippen LogP contribution in [0, 0.1) is 10.1 Å². The zero-order chi connectivity index (χ0) is 30.1. The van der Waals surface area contributed by atoms with Gasteiger partial charge in [-0.05, 0) is 55.5 Å². The van der Waals surface area contributed by atoms with Gasteiger partial charge in [-0.3, -0.25) is 14.9 Å². The summed E-state index contributed by atoms with van der Waals surface area (Å²) in [7, 11) is -8.48. The second-order valence-corrected chi connectivity index (χ2v) is 13.4. The van der Waals surface area contributed by atoms with Gasteiger partial charge in [-0.2, -0.15) is 0 Å². The molecule has 42 heavy (non-hydrogen) atoms. The molecule has 9 nitrogen and oxygen atoms in total. The highest BCUT2D eigenvalue weighted by molar-refractivity contribution is 7.92. The van der Waals surface area contributed by atoms with Gasteiger partial charge in [0.1, 0.15) is 5.25 Å². The van der Waals surface area contributed by atoms with E-state index >= 15 is 0 Å². The number of hydrogen-bond donors (Lipinski definition) is 0. The maximum Gasteiger partial charge on any atom is 0.276 e. The molecule has 1 atom stereocenters. The highest BCUT2D eigenvalue weighted by atomic mass is 32.2. The highest BCUT2D eigenvalue weighted by Crippen LogP contribution is 2.34. The quantitative estimate of drug-likeness (QED) is 0.115. The van der Waals surface area contributed by atoms with Crippen LogP contribution in [-0.4, -0.2) is 36.8 Å². The summed E-state index contributed by atoms with van der Waals surface area (Å²) < 4.78 is 56.1. The average Bonchev–Trinajstić information content (AvgIpc) is 3.35. The number of ketones is 1. The van der Waals surface area contributed by atoms with Gasteiger partial charge in [0, 0.05) is 11.5 Å². The summed E-state index contributed by atoms with van der Waals surface area (Å²) in [5.74, 6) is -0.820. The molecule has 0 aliphatic carbocycles. The Kier molecular flexibility index (Phi) is 7.63. The van der Waals surface area contributed by atoms with Gasteiger partial charge in [-0.25, -0.2) is 20.8 Å². The minimum atomic E-state index is -4.32. The first-order valence-electron chi connectivity index (χ1n) is 12.7. The van der Waals surface area contributed by atoms with Crippen molar-refractivity contribution in [3.8, 4) is 0 Å². The van der Waals surface area contributed by atoms with E-state index < -0.39 is 35.8 Å². The van der Waals surface area contributed by atoms with Crippen LogP contribution in [0.3, 0.4) is 0 Å². The van der Waals surface area contributed by atoms with Crippen molar-refractivity contribution in [2.45, 2.75) is 22.0 Å². The molecule has 212 valence electrons. The third-order valence-electron chi connectivity index (χ3n) is 6.86. The molecule has 1 aromatic heterocycles. The lowest BCUT2D eigenvalue weighted by molar-refractivity contribution is -0.385. The largest absolute Gasteiger partial charge is 0.293 e. The number of sulfone groups is 1. The number of nitro groups is 1. The molecule has 0 saturated heterocycles. The van der Waals surface area contributed by atoms with Crippen LogP contribution in [0.5, 0.6) is 0 Å². The molecule has 0 spiro atoms. The van der Waals surface area contributed by atoms with E-state index in [0.717, 1.165) is 3.97 Å². The van der Waals surface area contributed by atoms with Crippen LogP contribution < -0.4 is 0 Å². The maximum atomic E-state index is 14.1. The standard InChI is InChI=1S/C31H24N2O7S2/c1-22(41(37,38)24-13-4-2-5-14-24)31(34)30-26-17-9-11-19-28(26)32(42(39,40)25-15-6-3-7-16-25)29(30)21-20-23-12-8-10-18-27(23)33(35)36/h2-22H,1H3/b21-20+. The topological polar surface area (TPSA) is 133 Å². The van der Waals surface area contributed by atoms with Gasteiger partial charge in [-0.15, -0.1) is 0 Å². The molecule has 5 aromatic rings. The molecule has 0 amide bonds. The average molecular weight is 601 g/mol. The van der Waals surface area contributed by atoms with E-state index in [1.807, 2.05) is 0 Å². The van der Waals surface area contributed by atoms with Crippen molar-refractivity contribution in [3.05, 3.63) is 136 Å². The number of benzene rings is 4. The first-order valence-corrected chi connectivity index (χ1v) is 15.7. The Morgan fingerprint density at radius 3 is 1.95 bits per heavy atom. The molecule has 0 bridgehead atoms. The molecular weight excluding hydrogens is 576 g/mol. The molecular formula is C31H24N2O7S2. The minimum Gasteiger partial charge on any atom is -0.293 e. The lowest BCUT2D eigenvalue weighted by atomic mass is 10.0. The van der Waals surface area contributed by atoms with Crippen molar-refractivity contribution in [3.63, 3.8) is 0 Å². The predicted molar refractivity (Wildman–Crippen MR) is 160 cm³/mol. The molecule has 0 radical (unpaired) electrons. The number of carbonyl (C=O) groups is 1. The van der Waals surface area contributed by atoms with E-state index in [1.165, 1.54) is 67.6 Å². The second kappa shape index (κ2) is 11.2. The van der Waals surface area contributed by atoms with Gasteiger partial charge in [0.25, 0.3) is 15.7 Å². The fraction of sp³-hybridized carbons (Fsp3) is 0.0645. The van der Waals surface area contributed by atoms with Crippen molar-refractivity contribution in [1.29, 1.82) is 0 Å². The lowest BCUT2D eigenvalue weighted by Gasteiger charge is -2.14. The van der Waals surface area contributed by atoms with Crippen LogP contribution >= 0.6 is 0 Å². The molecule has 4 aromatic carbocycles. The Labute approximate surface area is 242 Å². The van der Waals surface area contributed by atoms with Crippen LogP contribution in [0.4, 0.5) is 5.69 Å². The zero-order valence-electron chi connectivity index (χ0n) is 22.2. The third-order valence-corrected chi connectivity index (χ3v) is 10.7. The Balaban J connectivity index is 1.81. The van der Waals surface area contributed by atoms with E-state index in [2.05, 4.69) is 0 Å². The number of aromatic nitrogens is 1. The lowest BCUT2D eigenvalue weighted by Crippen LogP contribution is -2.28. The zero-order valence-corrected chi connectivity index (χ0v) is 23.8. The fourth-order valence-corrected chi connectivity index (χ4v) is 7.61. The molecule has 1 heterocycles. The smallest absolute Gasteiger partial charge is 0.276 e. The summed E-state index contributed by atoms with van der Waals surface area (Å²) >= 11 is 0. The molecule has 0 aliphatic rings. The number of Topliss-reactive ketones (excluding diaryl/α,β-unsaturated/α-hetero) is 1. The number of fused-ring (bicyclic) bond motifs is 1. The van der Waals surface area contributed by atoms with Crippen LogP contribution in [0.15, 0.2) is 119 Å². The van der Waals surface area contributed by atoms with E-state index in [0.29, 0.717) is 0 Å². The molecule has 0 aliphatic heterocycles. The van der Waals surface area contributed by atoms with Crippen LogP contribution in [0.25, 0.3) is 23.1 Å². The third kappa shape index (κ3) is 5.04. The first-order chi connectivity index (χ1) is 20.0. The van der Waals surface area contributed by atoms with Crippen molar-refractivity contribution in [2.24, 2.45) is 0 Å². The monoisotopic (exact) mass is 600 g/mol. The van der Waals surface area contributed by atoms with E-state index in [1.54, 1.807) is 60.7 Å². The van der Waals surface area contributed by atoms with Gasteiger partial charge >= 0.3 is 0 Å². The number of para-hydroxylation sites is 2. The molecule has 5 rings (SSSR count). The molecule has 0 N–H and O–H groups in total. The van der Waals surface area contributed by atoms with Crippen molar-refractivity contribution in [2.75, 3.05) is 0 Å². The van der Waals surface area contributed by atoms with Crippen LogP contribution in [-0.2, 0) is 19.9 Å². The number of nitrogens with zero attached hydrogens (tertiary/aromatic N) is 2. The summed E-state index contributed by atoms with van der Waals surface area (Å²) in [6.07, 6.45) is 2.65. The molecule has 1 unspecified atom stereocenters. The Bertz CT molecular complexity index is 2070. The van der Waals surface area contributed by atoms with Gasteiger partial charge in [0.2, 0.25) is 0 Å². The molecule has 0 saturated carbocycles. The second-order valence-electron chi connectivity index (χ2n) is 9.37. The van der Waals surface area contributed by atoms with Crippen molar-refractivity contribution < 1.29 is 26.6 Å². The van der Waals surface area contributed by atoms with Gasteiger partial charge < -0.3 is 0 Å². The van der Waals surface area contributed by atoms with E-state index in [4.69, 9.17) is 0 Å². The van der Waals surface area contributed by atoms with Gasteiger partial charge in [0.15, 0.2) is 15.6 Å². The number of rotatable bonds is 9. The van der Waals surface area contributed by atoms with Crippen LogP contribution in [0.1, 0.15) is 28.5 Å². The fourth-order valence-electron chi connectivity index (χ4n) is 4.72. The Hall–Kier alpha value is -4.87. The summed E-state index contributed by atoms with van der Waals surface area (Å²) in [6.45, 7) is 1.26. The predicted octanol–water partition coefficient (Wildman–Crippen LogP) is 6.00. The molecule has 11 heteroatoms. The summed E-state index contributed by atoms with van der Waals surface area (Å²) in [5.41, 5.74) is -0.170. The molecule has 0 fully saturated rings. The number of nitro benzene ring substituents is 1. The summed E-state index contributed by atoms with van der Waals surface area (Å²) in [6, 6.07) is 27.3. The van der Waals surface area contributed by atoms with Crippen LogP contribution in [0.2, 0.25) is 0 Å².